The molecule has 0 aliphatic carbocycles. The Bertz CT molecular complexity index is 454. The van der Waals surface area contributed by atoms with Crippen LogP contribution in [0.15, 0.2) is 12.3 Å². The summed E-state index contributed by atoms with van der Waals surface area (Å²) in [5.74, 6) is 1.05. The molecule has 0 bridgehead atoms. The second-order valence-corrected chi connectivity index (χ2v) is 6.76. The highest BCUT2D eigenvalue weighted by molar-refractivity contribution is 6.31. The summed E-state index contributed by atoms with van der Waals surface area (Å²) in [6.07, 6.45) is 4.17. The Labute approximate surface area is 133 Å². The third-order valence-corrected chi connectivity index (χ3v) is 4.48. The Morgan fingerprint density at radius 2 is 2.05 bits per heavy atom. The maximum Gasteiger partial charge on any atom is 0.128 e. The summed E-state index contributed by atoms with van der Waals surface area (Å²) in [7, 11) is 4.33. The van der Waals surface area contributed by atoms with Gasteiger partial charge >= 0.3 is 0 Å². The van der Waals surface area contributed by atoms with Crippen molar-refractivity contribution in [3.63, 3.8) is 0 Å². The van der Waals surface area contributed by atoms with Crippen molar-refractivity contribution in [1.29, 1.82) is 0 Å². The minimum absolute atomic E-state index is 0.452. The number of hydrogen-bond acceptors (Lipinski definition) is 4. The summed E-state index contributed by atoms with van der Waals surface area (Å²) in [6.45, 7) is 7.20. The zero-order valence-corrected chi connectivity index (χ0v) is 14.3. The molecule has 0 atom stereocenters. The largest absolute Gasteiger partial charge is 0.356 e. The molecule has 1 aliphatic heterocycles. The van der Waals surface area contributed by atoms with Gasteiger partial charge in [-0.15, -0.1) is 0 Å². The van der Waals surface area contributed by atoms with Gasteiger partial charge in [-0.1, -0.05) is 25.4 Å². The van der Waals surface area contributed by atoms with Crippen LogP contribution in [0.1, 0.15) is 32.3 Å². The number of piperidine rings is 1. The summed E-state index contributed by atoms with van der Waals surface area (Å²) in [5, 5.41) is 4.16. The maximum atomic E-state index is 6.26. The van der Waals surface area contributed by atoms with Crippen molar-refractivity contribution in [3.05, 3.63) is 22.8 Å². The average molecular weight is 311 g/mol. The lowest BCUT2D eigenvalue weighted by atomic mass is 10.0. The number of nitrogens with one attached hydrogen (secondary N) is 1. The van der Waals surface area contributed by atoms with Crippen LogP contribution in [0.4, 0.5) is 5.82 Å². The molecule has 0 radical (unpaired) electrons. The van der Waals surface area contributed by atoms with E-state index in [0.29, 0.717) is 12.1 Å². The van der Waals surface area contributed by atoms with Crippen LogP contribution in [0.25, 0.3) is 0 Å². The van der Waals surface area contributed by atoms with E-state index in [1.54, 1.807) is 6.20 Å². The summed E-state index contributed by atoms with van der Waals surface area (Å²) in [6, 6.07) is 3.28. The summed E-state index contributed by atoms with van der Waals surface area (Å²) in [4.78, 5) is 9.21. The molecule has 2 rings (SSSR count). The molecule has 21 heavy (non-hydrogen) atoms. The molecule has 2 heterocycles. The van der Waals surface area contributed by atoms with Crippen LogP contribution in [0.2, 0.25) is 5.02 Å². The molecule has 0 spiro atoms. The van der Waals surface area contributed by atoms with E-state index in [-0.39, 0.29) is 0 Å². The van der Waals surface area contributed by atoms with E-state index in [4.69, 9.17) is 11.6 Å². The Hall–Kier alpha value is -0.840. The van der Waals surface area contributed by atoms with Crippen molar-refractivity contribution < 1.29 is 0 Å². The SMILES string of the molecule is CC(C)NCc1cc(N2CCC(N(C)C)CC2)ncc1Cl. The van der Waals surface area contributed by atoms with Gasteiger partial charge in [-0.2, -0.15) is 0 Å². The molecule has 118 valence electrons. The maximum absolute atomic E-state index is 6.26. The molecule has 1 saturated heterocycles. The van der Waals surface area contributed by atoms with E-state index >= 15 is 0 Å². The highest BCUT2D eigenvalue weighted by Crippen LogP contribution is 2.24. The predicted octanol–water partition coefficient (Wildman–Crippen LogP) is 2.76. The molecule has 1 aromatic rings. The number of rotatable bonds is 5. The van der Waals surface area contributed by atoms with E-state index < -0.39 is 0 Å². The topological polar surface area (TPSA) is 31.4 Å². The Balaban J connectivity index is 2.02. The van der Waals surface area contributed by atoms with Gasteiger partial charge in [-0.3, -0.25) is 0 Å². The number of pyridine rings is 1. The van der Waals surface area contributed by atoms with Crippen molar-refractivity contribution in [2.24, 2.45) is 0 Å². The minimum atomic E-state index is 0.452. The smallest absolute Gasteiger partial charge is 0.128 e. The van der Waals surface area contributed by atoms with Crippen LogP contribution in [0.5, 0.6) is 0 Å². The summed E-state index contributed by atoms with van der Waals surface area (Å²) in [5.41, 5.74) is 1.13. The van der Waals surface area contributed by atoms with E-state index in [1.807, 2.05) is 0 Å². The molecule has 1 N–H and O–H groups in total. The number of aromatic nitrogens is 1. The molecule has 0 unspecified atom stereocenters. The van der Waals surface area contributed by atoms with Crippen molar-refractivity contribution >= 4 is 17.4 Å². The van der Waals surface area contributed by atoms with Crippen LogP contribution in [-0.4, -0.2) is 49.2 Å². The van der Waals surface area contributed by atoms with Crippen LogP contribution in [0, 0.1) is 0 Å². The Kier molecular flexibility index (Phi) is 5.85. The first kappa shape index (κ1) is 16.5. The molecule has 1 aromatic heterocycles. The summed E-state index contributed by atoms with van der Waals surface area (Å²) >= 11 is 6.26. The Morgan fingerprint density at radius 3 is 2.62 bits per heavy atom. The zero-order chi connectivity index (χ0) is 15.4. The molecule has 0 saturated carbocycles. The lowest BCUT2D eigenvalue weighted by molar-refractivity contribution is 0.249. The van der Waals surface area contributed by atoms with Crippen LogP contribution < -0.4 is 10.2 Å². The van der Waals surface area contributed by atoms with Crippen molar-refractivity contribution in [1.82, 2.24) is 15.2 Å². The first-order valence-electron chi connectivity index (χ1n) is 7.76. The highest BCUT2D eigenvalue weighted by Gasteiger charge is 2.21. The van der Waals surface area contributed by atoms with Crippen LogP contribution in [0.3, 0.4) is 0 Å². The zero-order valence-electron chi connectivity index (χ0n) is 13.6. The van der Waals surface area contributed by atoms with Gasteiger partial charge in [-0.05, 0) is 38.6 Å². The Morgan fingerprint density at radius 1 is 1.38 bits per heavy atom. The van der Waals surface area contributed by atoms with E-state index in [1.165, 1.54) is 12.8 Å². The van der Waals surface area contributed by atoms with Crippen molar-refractivity contribution in [2.45, 2.75) is 45.3 Å². The monoisotopic (exact) mass is 310 g/mol. The van der Waals surface area contributed by atoms with Gasteiger partial charge in [0.2, 0.25) is 0 Å². The van der Waals surface area contributed by atoms with Gasteiger partial charge < -0.3 is 15.1 Å². The van der Waals surface area contributed by atoms with Gasteiger partial charge in [0.05, 0.1) is 5.02 Å². The lowest BCUT2D eigenvalue weighted by Crippen LogP contribution is -2.42. The molecule has 1 aliphatic rings. The predicted molar refractivity (Wildman–Crippen MR) is 90.1 cm³/mol. The van der Waals surface area contributed by atoms with Gasteiger partial charge in [0.1, 0.15) is 5.82 Å². The number of nitrogens with zero attached hydrogens (tertiary/aromatic N) is 3. The standard InChI is InChI=1S/C16H27ClN4/c1-12(2)18-10-13-9-16(19-11-15(13)17)21-7-5-14(6-8-21)20(3)4/h9,11-12,14,18H,5-8,10H2,1-4H3. The number of anilines is 1. The molecule has 1 fully saturated rings. The van der Waals surface area contributed by atoms with E-state index in [9.17, 15) is 0 Å². The molecular formula is C16H27ClN4. The van der Waals surface area contributed by atoms with Gasteiger partial charge in [0.25, 0.3) is 0 Å². The fourth-order valence-electron chi connectivity index (χ4n) is 2.70. The first-order chi connectivity index (χ1) is 9.97. The fraction of sp³-hybridized carbons (Fsp3) is 0.688. The average Bonchev–Trinajstić information content (AvgIpc) is 2.46. The molecular weight excluding hydrogens is 284 g/mol. The molecule has 0 aromatic carbocycles. The normalized spacial score (nSPS) is 17.0. The number of halogens is 1. The lowest BCUT2D eigenvalue weighted by Gasteiger charge is -2.36. The molecule has 5 heteroatoms. The van der Waals surface area contributed by atoms with Gasteiger partial charge in [0.15, 0.2) is 0 Å². The minimum Gasteiger partial charge on any atom is -0.356 e. The third-order valence-electron chi connectivity index (χ3n) is 4.14. The third kappa shape index (κ3) is 4.56. The van der Waals surface area contributed by atoms with Crippen molar-refractivity contribution in [3.8, 4) is 0 Å². The van der Waals surface area contributed by atoms with E-state index in [2.05, 4.69) is 54.1 Å². The van der Waals surface area contributed by atoms with Gasteiger partial charge in [0, 0.05) is 37.9 Å². The second kappa shape index (κ2) is 7.43. The molecule has 4 nitrogen and oxygen atoms in total. The van der Waals surface area contributed by atoms with Crippen LogP contribution >= 0.6 is 11.6 Å². The van der Waals surface area contributed by atoms with Gasteiger partial charge in [-0.25, -0.2) is 4.98 Å². The van der Waals surface area contributed by atoms with E-state index in [0.717, 1.165) is 36.0 Å². The second-order valence-electron chi connectivity index (χ2n) is 6.35. The summed E-state index contributed by atoms with van der Waals surface area (Å²) < 4.78 is 0. The fourth-order valence-corrected chi connectivity index (χ4v) is 2.87. The quantitative estimate of drug-likeness (QED) is 0.906. The highest BCUT2D eigenvalue weighted by atomic mass is 35.5. The first-order valence-corrected chi connectivity index (χ1v) is 8.14. The molecule has 0 amide bonds. The van der Waals surface area contributed by atoms with Crippen LogP contribution in [-0.2, 0) is 6.54 Å². The van der Waals surface area contributed by atoms with Crippen molar-refractivity contribution in [2.75, 3.05) is 32.1 Å². The number of hydrogen-bond donors (Lipinski definition) is 1.